The molecule has 6 rings (SSSR count). The number of nitro benzene ring substituents is 3. The molecule has 6 aromatic carbocycles. The maximum atomic E-state index is 10.9. The first-order valence-electron chi connectivity index (χ1n) is 15.3. The second kappa shape index (κ2) is 19.2. The van der Waals surface area contributed by atoms with Crippen molar-refractivity contribution in [1.29, 1.82) is 0 Å². The summed E-state index contributed by atoms with van der Waals surface area (Å²) in [5.74, 6) is -0.0298. The molecule has 0 fully saturated rings. The minimum atomic E-state index is -0.478. The number of phenols is 1. The molecule has 270 valence electrons. The molecule has 0 aromatic heterocycles. The summed E-state index contributed by atoms with van der Waals surface area (Å²) in [5, 5.41) is 85.6. The first-order valence-corrected chi connectivity index (χ1v) is 15.3. The average molecular weight is 728 g/mol. The Kier molecular flexibility index (Phi) is 13.7. The van der Waals surface area contributed by atoms with Crippen LogP contribution in [0, 0.1) is 30.3 Å². The third-order valence-corrected chi connectivity index (χ3v) is 6.55. The summed E-state index contributed by atoms with van der Waals surface area (Å²) in [4.78, 5) is 29.9. The predicted octanol–water partition coefficient (Wildman–Crippen LogP) is 9.88. The van der Waals surface area contributed by atoms with Gasteiger partial charge in [-0.1, -0.05) is 24.3 Å². The Bertz CT molecular complexity index is 1990. The molecular formula is C36H25N9O9-2. The molecule has 0 aliphatic heterocycles. The SMILES string of the molecule is O=[N+]([O-])c1ccc(N=Nc2ccc(O)cc2)cc1.O=[N+]([O-])c1ccc(N=Nc2ccc([O-])cc2)cc1.O=[N+]([O-])c1ccc(N=Nc2ccc([O-])cc2)cc1. The first kappa shape index (κ1) is 38.5. The molecule has 0 heterocycles. The van der Waals surface area contributed by atoms with Crippen molar-refractivity contribution in [1.82, 2.24) is 0 Å². The van der Waals surface area contributed by atoms with E-state index in [9.17, 15) is 40.6 Å². The lowest BCUT2D eigenvalue weighted by Gasteiger charge is -2.02. The minimum absolute atomic E-state index is 0.00431. The Balaban J connectivity index is 0.000000180. The third kappa shape index (κ3) is 12.9. The summed E-state index contributed by atoms with van der Waals surface area (Å²) < 4.78 is 0. The number of benzene rings is 6. The summed E-state index contributed by atoms with van der Waals surface area (Å²) in [6, 6.07) is 35.2. The highest BCUT2D eigenvalue weighted by atomic mass is 16.6. The van der Waals surface area contributed by atoms with Gasteiger partial charge in [0.15, 0.2) is 0 Å². The van der Waals surface area contributed by atoms with Crippen molar-refractivity contribution in [2.75, 3.05) is 0 Å². The molecule has 0 atom stereocenters. The molecule has 0 radical (unpaired) electrons. The minimum Gasteiger partial charge on any atom is -0.872 e. The van der Waals surface area contributed by atoms with E-state index in [0.717, 1.165) is 0 Å². The van der Waals surface area contributed by atoms with Crippen molar-refractivity contribution in [3.63, 3.8) is 0 Å². The number of hydrogen-bond acceptors (Lipinski definition) is 15. The zero-order valence-electron chi connectivity index (χ0n) is 27.6. The van der Waals surface area contributed by atoms with Gasteiger partial charge in [0, 0.05) is 36.4 Å². The second-order valence-corrected chi connectivity index (χ2v) is 10.4. The van der Waals surface area contributed by atoms with E-state index in [0.29, 0.717) is 34.1 Å². The number of phenolic OH excluding ortho intramolecular Hbond substituents is 1. The molecule has 0 saturated heterocycles. The van der Waals surface area contributed by atoms with Gasteiger partial charge in [-0.05, 0) is 84.9 Å². The van der Waals surface area contributed by atoms with Gasteiger partial charge >= 0.3 is 0 Å². The van der Waals surface area contributed by atoms with Gasteiger partial charge in [0.25, 0.3) is 17.1 Å². The molecule has 0 amide bonds. The van der Waals surface area contributed by atoms with Crippen LogP contribution in [0.15, 0.2) is 176 Å². The van der Waals surface area contributed by atoms with E-state index in [2.05, 4.69) is 30.7 Å². The lowest BCUT2D eigenvalue weighted by molar-refractivity contribution is -0.385. The molecular weight excluding hydrogens is 702 g/mol. The van der Waals surface area contributed by atoms with Crippen molar-refractivity contribution in [2.24, 2.45) is 30.7 Å². The fourth-order valence-corrected chi connectivity index (χ4v) is 3.81. The van der Waals surface area contributed by atoms with Crippen LogP contribution in [0.4, 0.5) is 51.2 Å². The zero-order chi connectivity index (χ0) is 38.9. The number of aromatic hydroxyl groups is 1. The Morgan fingerprint density at radius 3 is 0.722 bits per heavy atom. The summed E-state index contributed by atoms with van der Waals surface area (Å²) in [6.07, 6.45) is 0. The van der Waals surface area contributed by atoms with E-state index >= 15 is 0 Å². The molecule has 1 N–H and O–H groups in total. The number of azo groups is 3. The highest BCUT2D eigenvalue weighted by Crippen LogP contribution is 2.25. The predicted molar refractivity (Wildman–Crippen MR) is 192 cm³/mol. The molecule has 6 aromatic rings. The maximum absolute atomic E-state index is 10.9. The van der Waals surface area contributed by atoms with Crippen molar-refractivity contribution >= 4 is 51.2 Å². The van der Waals surface area contributed by atoms with Crippen molar-refractivity contribution in [2.45, 2.75) is 0 Å². The topological polar surface area (TPSA) is 270 Å². The number of nitrogens with zero attached hydrogens (tertiary/aromatic N) is 9. The van der Waals surface area contributed by atoms with E-state index in [-0.39, 0.29) is 34.3 Å². The largest absolute Gasteiger partial charge is 0.872 e. The Labute approximate surface area is 304 Å². The van der Waals surface area contributed by atoms with Crippen LogP contribution in [0.2, 0.25) is 0 Å². The van der Waals surface area contributed by atoms with E-state index in [1.165, 1.54) is 109 Å². The summed E-state index contributed by atoms with van der Waals surface area (Å²) >= 11 is 0. The van der Waals surface area contributed by atoms with Gasteiger partial charge in [0.1, 0.15) is 5.75 Å². The van der Waals surface area contributed by atoms with Gasteiger partial charge in [0.05, 0.1) is 48.9 Å². The van der Waals surface area contributed by atoms with Crippen LogP contribution < -0.4 is 10.2 Å². The van der Waals surface area contributed by atoms with Crippen molar-refractivity contribution in [3.8, 4) is 17.2 Å². The van der Waals surface area contributed by atoms with E-state index < -0.39 is 14.8 Å². The Hall–Kier alpha value is -8.28. The lowest BCUT2D eigenvalue weighted by atomic mass is 10.3. The molecule has 18 heteroatoms. The van der Waals surface area contributed by atoms with E-state index in [4.69, 9.17) is 5.11 Å². The van der Waals surface area contributed by atoms with Crippen LogP contribution in [0.3, 0.4) is 0 Å². The van der Waals surface area contributed by atoms with Crippen molar-refractivity contribution < 1.29 is 30.1 Å². The molecule has 0 saturated carbocycles. The number of nitro groups is 3. The van der Waals surface area contributed by atoms with Gasteiger partial charge in [-0.15, -0.1) is 11.5 Å². The summed E-state index contributed by atoms with van der Waals surface area (Å²) in [6.45, 7) is 0. The standard InChI is InChI=1S/3C12H9N3O3/c3*16-12-7-3-10(4-8-12)14-13-9-1-5-11(6-2-9)15(17)18/h3*1-8,16H/p-2. The van der Waals surface area contributed by atoms with Gasteiger partial charge in [-0.3, -0.25) is 30.3 Å². The van der Waals surface area contributed by atoms with Crippen LogP contribution >= 0.6 is 0 Å². The summed E-state index contributed by atoms with van der Waals surface area (Å²) in [7, 11) is 0. The molecule has 0 bridgehead atoms. The zero-order valence-corrected chi connectivity index (χ0v) is 27.6. The molecule has 0 spiro atoms. The molecule has 0 aliphatic carbocycles. The smallest absolute Gasteiger partial charge is 0.269 e. The van der Waals surface area contributed by atoms with Crippen LogP contribution in [0.5, 0.6) is 17.2 Å². The van der Waals surface area contributed by atoms with Crippen molar-refractivity contribution in [3.05, 3.63) is 176 Å². The van der Waals surface area contributed by atoms with Crippen LogP contribution in [-0.4, -0.2) is 19.9 Å². The molecule has 0 unspecified atom stereocenters. The Morgan fingerprint density at radius 2 is 0.519 bits per heavy atom. The highest BCUT2D eigenvalue weighted by molar-refractivity contribution is 5.48. The highest BCUT2D eigenvalue weighted by Gasteiger charge is 2.05. The first-order chi connectivity index (χ1) is 25.9. The van der Waals surface area contributed by atoms with Gasteiger partial charge in [-0.25, -0.2) is 0 Å². The monoisotopic (exact) mass is 727 g/mol. The number of hydrogen-bond donors (Lipinski definition) is 1. The number of non-ortho nitro benzene ring substituents is 3. The number of rotatable bonds is 9. The maximum Gasteiger partial charge on any atom is 0.269 e. The van der Waals surface area contributed by atoms with E-state index in [1.54, 1.807) is 36.4 Å². The van der Waals surface area contributed by atoms with Gasteiger partial charge < -0.3 is 15.3 Å². The molecule has 18 nitrogen and oxygen atoms in total. The van der Waals surface area contributed by atoms with Crippen LogP contribution in [0.1, 0.15) is 0 Å². The normalized spacial score (nSPS) is 10.7. The second-order valence-electron chi connectivity index (χ2n) is 10.4. The van der Waals surface area contributed by atoms with E-state index in [1.807, 2.05) is 0 Å². The van der Waals surface area contributed by atoms with Crippen LogP contribution in [0.25, 0.3) is 0 Å². The Morgan fingerprint density at radius 1 is 0.333 bits per heavy atom. The third-order valence-electron chi connectivity index (χ3n) is 6.55. The lowest BCUT2D eigenvalue weighted by Crippen LogP contribution is -1.86. The fourth-order valence-electron chi connectivity index (χ4n) is 3.81. The van der Waals surface area contributed by atoms with Gasteiger partial charge in [0.2, 0.25) is 0 Å². The van der Waals surface area contributed by atoms with Crippen LogP contribution in [-0.2, 0) is 0 Å². The molecule has 54 heavy (non-hydrogen) atoms. The average Bonchev–Trinajstić information content (AvgIpc) is 3.18. The summed E-state index contributed by atoms with van der Waals surface area (Å²) in [5.41, 5.74) is 3.24. The quantitative estimate of drug-likeness (QED) is 0.0841. The van der Waals surface area contributed by atoms with Gasteiger partial charge in [-0.2, -0.15) is 30.7 Å². The fraction of sp³-hybridized carbons (Fsp3) is 0. The molecule has 0 aliphatic rings.